The molecule has 4 N–H and O–H groups in total. The standard InChI is InChI=1S/C12H15ClN2O3/c1-7(8-4-2-3-5-9(8)13)15-12(18)10(14)6-11(16)17/h2-5,7,10H,6,14H2,1H3,(H,15,18)(H,16,17)/t7-,10?/m1/s1. The lowest BCUT2D eigenvalue weighted by Crippen LogP contribution is -2.42. The molecule has 2 atom stereocenters. The average molecular weight is 271 g/mol. The number of carboxylic acids is 1. The zero-order valence-electron chi connectivity index (χ0n) is 9.89. The van der Waals surface area contributed by atoms with Crippen molar-refractivity contribution in [1.82, 2.24) is 5.32 Å². The molecule has 1 unspecified atom stereocenters. The third kappa shape index (κ3) is 4.01. The van der Waals surface area contributed by atoms with Gasteiger partial charge in [-0.3, -0.25) is 9.59 Å². The fourth-order valence-electron chi connectivity index (χ4n) is 1.51. The van der Waals surface area contributed by atoms with Gasteiger partial charge in [0.2, 0.25) is 5.91 Å². The highest BCUT2D eigenvalue weighted by Gasteiger charge is 2.19. The van der Waals surface area contributed by atoms with Crippen molar-refractivity contribution >= 4 is 23.5 Å². The first-order chi connectivity index (χ1) is 8.41. The van der Waals surface area contributed by atoms with Crippen LogP contribution in [0.15, 0.2) is 24.3 Å². The average Bonchev–Trinajstić information content (AvgIpc) is 2.28. The molecule has 0 saturated carbocycles. The maximum absolute atomic E-state index is 11.6. The highest BCUT2D eigenvalue weighted by Crippen LogP contribution is 2.22. The number of aliphatic carboxylic acids is 1. The summed E-state index contributed by atoms with van der Waals surface area (Å²) >= 11 is 5.99. The van der Waals surface area contributed by atoms with Crippen molar-refractivity contribution in [2.24, 2.45) is 5.73 Å². The molecular formula is C12H15ClN2O3. The van der Waals surface area contributed by atoms with Gasteiger partial charge < -0.3 is 16.2 Å². The van der Waals surface area contributed by atoms with E-state index in [4.69, 9.17) is 22.4 Å². The maximum atomic E-state index is 11.6. The molecule has 5 nitrogen and oxygen atoms in total. The summed E-state index contributed by atoms with van der Waals surface area (Å²) in [5, 5.41) is 11.7. The minimum Gasteiger partial charge on any atom is -0.481 e. The summed E-state index contributed by atoms with van der Waals surface area (Å²) in [5.41, 5.74) is 6.22. The van der Waals surface area contributed by atoms with Gasteiger partial charge in [0.15, 0.2) is 0 Å². The fraction of sp³-hybridized carbons (Fsp3) is 0.333. The van der Waals surface area contributed by atoms with Crippen LogP contribution in [0.5, 0.6) is 0 Å². The van der Waals surface area contributed by atoms with Crippen molar-refractivity contribution in [3.8, 4) is 0 Å². The van der Waals surface area contributed by atoms with Crippen molar-refractivity contribution in [1.29, 1.82) is 0 Å². The molecule has 18 heavy (non-hydrogen) atoms. The summed E-state index contributed by atoms with van der Waals surface area (Å²) in [5.74, 6) is -1.62. The van der Waals surface area contributed by atoms with Crippen LogP contribution in [0.3, 0.4) is 0 Å². The van der Waals surface area contributed by atoms with Crippen LogP contribution < -0.4 is 11.1 Å². The van der Waals surface area contributed by atoms with E-state index in [1.807, 2.05) is 0 Å². The monoisotopic (exact) mass is 270 g/mol. The Bertz CT molecular complexity index is 451. The van der Waals surface area contributed by atoms with Gasteiger partial charge in [0.25, 0.3) is 0 Å². The number of rotatable bonds is 5. The van der Waals surface area contributed by atoms with Gasteiger partial charge in [-0.1, -0.05) is 29.8 Å². The summed E-state index contributed by atoms with van der Waals surface area (Å²) in [6, 6.07) is 5.71. The van der Waals surface area contributed by atoms with E-state index in [0.29, 0.717) is 5.02 Å². The molecule has 0 aliphatic rings. The Morgan fingerprint density at radius 3 is 2.61 bits per heavy atom. The van der Waals surface area contributed by atoms with E-state index in [0.717, 1.165) is 5.56 Å². The van der Waals surface area contributed by atoms with Crippen LogP contribution in [0.2, 0.25) is 5.02 Å². The Morgan fingerprint density at radius 1 is 1.44 bits per heavy atom. The molecule has 0 aliphatic carbocycles. The Kier molecular flexibility index (Phi) is 5.12. The van der Waals surface area contributed by atoms with Crippen LogP contribution in [0.1, 0.15) is 24.9 Å². The Labute approximate surface area is 110 Å². The normalized spacial score (nSPS) is 13.7. The third-order valence-corrected chi connectivity index (χ3v) is 2.81. The lowest BCUT2D eigenvalue weighted by atomic mass is 10.1. The molecular weight excluding hydrogens is 256 g/mol. The second-order valence-electron chi connectivity index (χ2n) is 3.96. The van der Waals surface area contributed by atoms with Crippen LogP contribution >= 0.6 is 11.6 Å². The predicted octanol–water partition coefficient (Wildman–Crippen LogP) is 1.32. The second kappa shape index (κ2) is 6.37. The summed E-state index contributed by atoms with van der Waals surface area (Å²) in [4.78, 5) is 22.1. The van der Waals surface area contributed by atoms with E-state index < -0.39 is 24.3 Å². The molecule has 0 saturated heterocycles. The Hall–Kier alpha value is -1.59. The fourth-order valence-corrected chi connectivity index (χ4v) is 1.80. The second-order valence-corrected chi connectivity index (χ2v) is 4.36. The summed E-state index contributed by atoms with van der Waals surface area (Å²) in [6.07, 6.45) is -0.402. The van der Waals surface area contributed by atoms with E-state index >= 15 is 0 Å². The van der Waals surface area contributed by atoms with Crippen LogP contribution in [0.4, 0.5) is 0 Å². The maximum Gasteiger partial charge on any atom is 0.305 e. The van der Waals surface area contributed by atoms with Crippen molar-refractivity contribution in [3.63, 3.8) is 0 Å². The van der Waals surface area contributed by atoms with Crippen molar-refractivity contribution in [2.75, 3.05) is 0 Å². The molecule has 0 aliphatic heterocycles. The minimum atomic E-state index is -1.11. The number of nitrogens with one attached hydrogen (secondary N) is 1. The van der Waals surface area contributed by atoms with Gasteiger partial charge in [-0.15, -0.1) is 0 Å². The SMILES string of the molecule is C[C@@H](NC(=O)C(N)CC(=O)O)c1ccccc1Cl. The van der Waals surface area contributed by atoms with Gasteiger partial charge in [0.1, 0.15) is 0 Å². The zero-order valence-corrected chi connectivity index (χ0v) is 10.6. The Balaban J connectivity index is 2.65. The number of halogens is 1. The van der Waals surface area contributed by atoms with Crippen molar-refractivity contribution < 1.29 is 14.7 Å². The van der Waals surface area contributed by atoms with E-state index in [1.54, 1.807) is 31.2 Å². The molecule has 98 valence electrons. The molecule has 1 amide bonds. The number of hydrogen-bond donors (Lipinski definition) is 3. The number of carbonyl (C=O) groups is 2. The predicted molar refractivity (Wildman–Crippen MR) is 68.2 cm³/mol. The van der Waals surface area contributed by atoms with E-state index in [1.165, 1.54) is 0 Å². The highest BCUT2D eigenvalue weighted by atomic mass is 35.5. The quantitative estimate of drug-likeness (QED) is 0.752. The molecule has 0 heterocycles. The molecule has 0 bridgehead atoms. The van der Waals surface area contributed by atoms with Gasteiger partial charge in [-0.25, -0.2) is 0 Å². The summed E-state index contributed by atoms with van der Waals surface area (Å²) in [6.45, 7) is 1.76. The van der Waals surface area contributed by atoms with Gasteiger partial charge >= 0.3 is 5.97 Å². The van der Waals surface area contributed by atoms with Gasteiger partial charge in [0.05, 0.1) is 18.5 Å². The van der Waals surface area contributed by atoms with Crippen molar-refractivity contribution in [2.45, 2.75) is 25.4 Å². The first-order valence-electron chi connectivity index (χ1n) is 5.44. The van der Waals surface area contributed by atoms with Crippen LogP contribution in [0, 0.1) is 0 Å². The molecule has 0 radical (unpaired) electrons. The molecule has 0 fully saturated rings. The molecule has 1 aromatic rings. The highest BCUT2D eigenvalue weighted by molar-refractivity contribution is 6.31. The molecule has 0 aromatic heterocycles. The van der Waals surface area contributed by atoms with Crippen molar-refractivity contribution in [3.05, 3.63) is 34.9 Å². The lowest BCUT2D eigenvalue weighted by Gasteiger charge is -2.18. The number of amides is 1. The minimum absolute atomic E-state index is 0.328. The third-order valence-electron chi connectivity index (χ3n) is 2.46. The summed E-state index contributed by atoms with van der Waals surface area (Å²) in [7, 11) is 0. The Morgan fingerprint density at radius 2 is 2.06 bits per heavy atom. The van der Waals surface area contributed by atoms with Crippen LogP contribution in [0.25, 0.3) is 0 Å². The lowest BCUT2D eigenvalue weighted by molar-refractivity contribution is -0.139. The zero-order chi connectivity index (χ0) is 13.7. The molecule has 6 heteroatoms. The number of carboxylic acid groups (broad SMARTS) is 1. The topological polar surface area (TPSA) is 92.4 Å². The van der Waals surface area contributed by atoms with Gasteiger partial charge in [0, 0.05) is 5.02 Å². The largest absolute Gasteiger partial charge is 0.481 e. The molecule has 1 rings (SSSR count). The molecule has 1 aromatic carbocycles. The van der Waals surface area contributed by atoms with Crippen LogP contribution in [-0.2, 0) is 9.59 Å². The van der Waals surface area contributed by atoms with Gasteiger partial charge in [-0.05, 0) is 18.6 Å². The number of benzene rings is 1. The number of nitrogens with two attached hydrogens (primary N) is 1. The summed E-state index contributed by atoms with van der Waals surface area (Å²) < 4.78 is 0. The van der Waals surface area contributed by atoms with E-state index in [9.17, 15) is 9.59 Å². The van der Waals surface area contributed by atoms with E-state index in [-0.39, 0.29) is 6.04 Å². The smallest absolute Gasteiger partial charge is 0.305 e. The van der Waals surface area contributed by atoms with Gasteiger partial charge in [-0.2, -0.15) is 0 Å². The number of hydrogen-bond acceptors (Lipinski definition) is 3. The van der Waals surface area contributed by atoms with E-state index in [2.05, 4.69) is 5.32 Å². The van der Waals surface area contributed by atoms with Crippen LogP contribution in [-0.4, -0.2) is 23.0 Å². The first-order valence-corrected chi connectivity index (χ1v) is 5.81. The first kappa shape index (κ1) is 14.5. The molecule has 0 spiro atoms. The number of carbonyl (C=O) groups excluding carboxylic acids is 1.